The van der Waals surface area contributed by atoms with E-state index in [4.69, 9.17) is 0 Å². The van der Waals surface area contributed by atoms with Crippen LogP contribution in [-0.4, -0.2) is 21.4 Å². The summed E-state index contributed by atoms with van der Waals surface area (Å²) in [4.78, 5) is 26.7. The molecule has 1 aliphatic heterocycles. The molecule has 1 N–H and O–H groups in total. The SMILES string of the molecule is CC1C(=O)NC(=O)CC1c1cncn1C. The number of piperidine rings is 1. The van der Waals surface area contributed by atoms with Gasteiger partial charge in [-0.25, -0.2) is 4.98 Å². The lowest BCUT2D eigenvalue weighted by molar-refractivity contribution is -0.136. The summed E-state index contributed by atoms with van der Waals surface area (Å²) in [6.07, 6.45) is 3.75. The van der Waals surface area contributed by atoms with Crippen LogP contribution in [0, 0.1) is 5.92 Å². The number of imidazole rings is 1. The molecule has 15 heavy (non-hydrogen) atoms. The van der Waals surface area contributed by atoms with E-state index < -0.39 is 0 Å². The van der Waals surface area contributed by atoms with Crippen LogP contribution in [0.15, 0.2) is 12.5 Å². The van der Waals surface area contributed by atoms with Gasteiger partial charge in [0.25, 0.3) is 0 Å². The van der Waals surface area contributed by atoms with Crippen molar-refractivity contribution in [3.63, 3.8) is 0 Å². The van der Waals surface area contributed by atoms with E-state index in [9.17, 15) is 9.59 Å². The smallest absolute Gasteiger partial charge is 0.230 e. The highest BCUT2D eigenvalue weighted by molar-refractivity contribution is 5.99. The Morgan fingerprint density at radius 1 is 1.53 bits per heavy atom. The van der Waals surface area contributed by atoms with E-state index in [-0.39, 0.29) is 23.7 Å². The van der Waals surface area contributed by atoms with E-state index in [0.717, 1.165) is 5.69 Å². The van der Waals surface area contributed by atoms with Crippen molar-refractivity contribution in [2.75, 3.05) is 0 Å². The molecule has 2 unspecified atom stereocenters. The summed E-state index contributed by atoms with van der Waals surface area (Å²) in [5, 5.41) is 2.33. The predicted octanol–water partition coefficient (Wildman–Crippen LogP) is 0.186. The highest BCUT2D eigenvalue weighted by Crippen LogP contribution is 2.30. The summed E-state index contributed by atoms with van der Waals surface area (Å²) < 4.78 is 1.85. The zero-order valence-corrected chi connectivity index (χ0v) is 8.73. The molecule has 0 aromatic carbocycles. The van der Waals surface area contributed by atoms with Gasteiger partial charge in [0.05, 0.1) is 6.33 Å². The Hall–Kier alpha value is -1.65. The van der Waals surface area contributed by atoms with Gasteiger partial charge in [0, 0.05) is 37.2 Å². The molecule has 0 bridgehead atoms. The maximum absolute atomic E-state index is 11.5. The van der Waals surface area contributed by atoms with Crippen molar-refractivity contribution < 1.29 is 9.59 Å². The second kappa shape index (κ2) is 3.49. The van der Waals surface area contributed by atoms with Crippen molar-refractivity contribution in [2.45, 2.75) is 19.3 Å². The molecule has 1 aromatic heterocycles. The Morgan fingerprint density at radius 3 is 2.87 bits per heavy atom. The fraction of sp³-hybridized carbons (Fsp3) is 0.500. The van der Waals surface area contributed by atoms with Gasteiger partial charge in [0.15, 0.2) is 0 Å². The van der Waals surface area contributed by atoms with Crippen molar-refractivity contribution in [1.29, 1.82) is 0 Å². The summed E-state index contributed by atoms with van der Waals surface area (Å²) in [5.41, 5.74) is 0.936. The molecule has 0 radical (unpaired) electrons. The Kier molecular flexibility index (Phi) is 2.30. The topological polar surface area (TPSA) is 64.0 Å². The molecule has 5 heteroatoms. The molecule has 1 aromatic rings. The van der Waals surface area contributed by atoms with Gasteiger partial charge in [-0.3, -0.25) is 14.9 Å². The molecule has 0 spiro atoms. The van der Waals surface area contributed by atoms with Crippen LogP contribution in [0.2, 0.25) is 0 Å². The minimum atomic E-state index is -0.204. The van der Waals surface area contributed by atoms with Crippen LogP contribution in [-0.2, 0) is 16.6 Å². The number of amides is 2. The molecule has 2 amide bonds. The summed E-state index contributed by atoms with van der Waals surface area (Å²) in [6.45, 7) is 1.83. The minimum Gasteiger partial charge on any atom is -0.337 e. The Morgan fingerprint density at radius 2 is 2.27 bits per heavy atom. The average Bonchev–Trinajstić information content (AvgIpc) is 2.58. The second-order valence-corrected chi connectivity index (χ2v) is 3.94. The van der Waals surface area contributed by atoms with Gasteiger partial charge >= 0.3 is 0 Å². The molecule has 0 aliphatic carbocycles. The number of carbonyl (C=O) groups excluding carboxylic acids is 2. The lowest BCUT2D eigenvalue weighted by Crippen LogP contribution is -2.43. The maximum atomic E-state index is 11.5. The zero-order valence-electron chi connectivity index (χ0n) is 8.73. The van der Waals surface area contributed by atoms with Crippen LogP contribution in [0.25, 0.3) is 0 Å². The summed E-state index contributed by atoms with van der Waals surface area (Å²) in [6, 6.07) is 0. The predicted molar refractivity (Wildman–Crippen MR) is 52.9 cm³/mol. The third kappa shape index (κ3) is 1.65. The second-order valence-electron chi connectivity index (χ2n) is 3.94. The molecule has 80 valence electrons. The van der Waals surface area contributed by atoms with Crippen molar-refractivity contribution in [2.24, 2.45) is 13.0 Å². The summed E-state index contributed by atoms with van der Waals surface area (Å²) >= 11 is 0. The van der Waals surface area contributed by atoms with Gasteiger partial charge in [0.2, 0.25) is 11.8 Å². The highest BCUT2D eigenvalue weighted by Gasteiger charge is 2.34. The maximum Gasteiger partial charge on any atom is 0.230 e. The standard InChI is InChI=1S/C10H13N3O2/c1-6-7(3-9(14)12-10(6)15)8-4-11-5-13(8)2/h4-7H,3H2,1-2H3,(H,12,14,15). The molecule has 1 saturated heterocycles. The Bertz CT molecular complexity index is 411. The monoisotopic (exact) mass is 207 g/mol. The van der Waals surface area contributed by atoms with E-state index >= 15 is 0 Å². The van der Waals surface area contributed by atoms with Crippen LogP contribution in [0.1, 0.15) is 25.0 Å². The van der Waals surface area contributed by atoms with Crippen LogP contribution < -0.4 is 5.32 Å². The van der Waals surface area contributed by atoms with Gasteiger partial charge in [-0.15, -0.1) is 0 Å². The number of rotatable bonds is 1. The number of imide groups is 1. The largest absolute Gasteiger partial charge is 0.337 e. The van der Waals surface area contributed by atoms with Gasteiger partial charge in [0.1, 0.15) is 0 Å². The first-order chi connectivity index (χ1) is 7.09. The molecule has 0 saturated carbocycles. The van der Waals surface area contributed by atoms with Crippen LogP contribution >= 0.6 is 0 Å². The third-order valence-corrected chi connectivity index (χ3v) is 2.92. The minimum absolute atomic E-state index is 0.0567. The number of aromatic nitrogens is 2. The van der Waals surface area contributed by atoms with Crippen molar-refractivity contribution >= 4 is 11.8 Å². The number of hydrogen-bond acceptors (Lipinski definition) is 3. The Labute approximate surface area is 87.5 Å². The van der Waals surface area contributed by atoms with Crippen LogP contribution in [0.4, 0.5) is 0 Å². The van der Waals surface area contributed by atoms with E-state index in [2.05, 4.69) is 10.3 Å². The average molecular weight is 207 g/mol. The molecular weight excluding hydrogens is 194 g/mol. The number of nitrogens with zero attached hydrogens (tertiary/aromatic N) is 2. The first-order valence-corrected chi connectivity index (χ1v) is 4.89. The first kappa shape index (κ1) is 9.89. The first-order valence-electron chi connectivity index (χ1n) is 4.89. The van der Waals surface area contributed by atoms with E-state index in [1.807, 2.05) is 18.5 Å². The molecule has 1 fully saturated rings. The fourth-order valence-corrected chi connectivity index (χ4v) is 1.95. The quantitative estimate of drug-likeness (QED) is 0.668. The normalized spacial score (nSPS) is 26.5. The van der Waals surface area contributed by atoms with Crippen molar-refractivity contribution in [3.8, 4) is 0 Å². The van der Waals surface area contributed by atoms with Crippen molar-refractivity contribution in [3.05, 3.63) is 18.2 Å². The number of nitrogens with one attached hydrogen (secondary N) is 1. The van der Waals surface area contributed by atoms with E-state index in [1.165, 1.54) is 0 Å². The molecule has 2 heterocycles. The van der Waals surface area contributed by atoms with Gasteiger partial charge in [-0.05, 0) is 0 Å². The zero-order chi connectivity index (χ0) is 11.0. The van der Waals surface area contributed by atoms with Crippen LogP contribution in [0.5, 0.6) is 0 Å². The van der Waals surface area contributed by atoms with Crippen molar-refractivity contribution in [1.82, 2.24) is 14.9 Å². The lowest BCUT2D eigenvalue weighted by atomic mass is 9.84. The lowest BCUT2D eigenvalue weighted by Gasteiger charge is -2.27. The molecule has 1 aliphatic rings. The van der Waals surface area contributed by atoms with E-state index in [1.54, 1.807) is 12.5 Å². The van der Waals surface area contributed by atoms with Gasteiger partial charge < -0.3 is 4.57 Å². The molecule has 2 atom stereocenters. The Balaban J connectivity index is 2.32. The van der Waals surface area contributed by atoms with Crippen LogP contribution in [0.3, 0.4) is 0 Å². The fourth-order valence-electron chi connectivity index (χ4n) is 1.95. The molecule has 5 nitrogen and oxygen atoms in total. The molecular formula is C10H13N3O2. The summed E-state index contributed by atoms with van der Waals surface area (Å²) in [5.74, 6) is -0.640. The summed E-state index contributed by atoms with van der Waals surface area (Å²) in [7, 11) is 1.87. The van der Waals surface area contributed by atoms with E-state index in [0.29, 0.717) is 6.42 Å². The third-order valence-electron chi connectivity index (χ3n) is 2.92. The highest BCUT2D eigenvalue weighted by atomic mass is 16.2. The number of aryl methyl sites for hydroxylation is 1. The van der Waals surface area contributed by atoms with Gasteiger partial charge in [-0.1, -0.05) is 6.92 Å². The number of hydrogen-bond donors (Lipinski definition) is 1. The molecule has 2 rings (SSSR count). The van der Waals surface area contributed by atoms with Gasteiger partial charge in [-0.2, -0.15) is 0 Å². The number of carbonyl (C=O) groups is 2.